The van der Waals surface area contributed by atoms with Gasteiger partial charge in [-0.2, -0.15) is 0 Å². The van der Waals surface area contributed by atoms with Gasteiger partial charge in [0.15, 0.2) is 0 Å². The Kier molecular flexibility index (Phi) is 5.05. The quantitative estimate of drug-likeness (QED) is 0.914. The van der Waals surface area contributed by atoms with Crippen molar-refractivity contribution in [1.82, 2.24) is 20.1 Å². The van der Waals surface area contributed by atoms with Crippen LogP contribution in [0.4, 0.5) is 0 Å². The predicted molar refractivity (Wildman–Crippen MR) is 86.4 cm³/mol. The minimum absolute atomic E-state index is 0.178. The highest BCUT2D eigenvalue weighted by Crippen LogP contribution is 2.26. The van der Waals surface area contributed by atoms with E-state index in [2.05, 4.69) is 22.1 Å². The zero-order valence-corrected chi connectivity index (χ0v) is 13.4. The average Bonchev–Trinajstić information content (AvgIpc) is 3.11. The maximum atomic E-state index is 13.1. The van der Waals surface area contributed by atoms with Crippen molar-refractivity contribution in [3.8, 4) is 0 Å². The van der Waals surface area contributed by atoms with Gasteiger partial charge < -0.3 is 10.2 Å². The number of aromatic nitrogens is 1. The molecule has 2 atom stereocenters. The van der Waals surface area contributed by atoms with Gasteiger partial charge in [0.25, 0.3) is 0 Å². The number of pyridine rings is 1. The summed E-state index contributed by atoms with van der Waals surface area (Å²) in [5.74, 6) is 0.252. The van der Waals surface area contributed by atoms with Gasteiger partial charge in [-0.15, -0.1) is 0 Å². The van der Waals surface area contributed by atoms with Crippen LogP contribution in [-0.2, 0) is 4.79 Å². The summed E-state index contributed by atoms with van der Waals surface area (Å²) >= 11 is 0. The molecule has 5 heteroatoms. The zero-order valence-electron chi connectivity index (χ0n) is 13.4. The van der Waals surface area contributed by atoms with Crippen molar-refractivity contribution in [2.24, 2.45) is 0 Å². The molecule has 2 fully saturated rings. The van der Waals surface area contributed by atoms with Crippen molar-refractivity contribution in [3.05, 3.63) is 30.1 Å². The molecule has 1 aromatic rings. The lowest BCUT2D eigenvalue weighted by Crippen LogP contribution is -2.54. The fraction of sp³-hybridized carbons (Fsp3) is 0.647. The summed E-state index contributed by atoms with van der Waals surface area (Å²) in [5.41, 5.74) is 1.02. The molecule has 1 aromatic heterocycles. The van der Waals surface area contributed by atoms with Crippen molar-refractivity contribution in [3.63, 3.8) is 0 Å². The average molecular weight is 302 g/mol. The molecule has 5 nitrogen and oxygen atoms in total. The second-order valence-electron chi connectivity index (χ2n) is 6.28. The van der Waals surface area contributed by atoms with Crippen molar-refractivity contribution in [1.29, 1.82) is 0 Å². The molecule has 0 aromatic carbocycles. The number of hydrogen-bond donors (Lipinski definition) is 1. The van der Waals surface area contributed by atoms with E-state index in [1.807, 2.05) is 23.2 Å². The summed E-state index contributed by atoms with van der Waals surface area (Å²) < 4.78 is 0. The third kappa shape index (κ3) is 3.31. The molecule has 2 saturated heterocycles. The molecule has 0 radical (unpaired) electrons. The van der Waals surface area contributed by atoms with E-state index >= 15 is 0 Å². The highest BCUT2D eigenvalue weighted by molar-refractivity contribution is 5.83. The van der Waals surface area contributed by atoms with Crippen LogP contribution in [0.1, 0.15) is 37.8 Å². The molecule has 3 heterocycles. The van der Waals surface area contributed by atoms with E-state index in [1.54, 1.807) is 6.20 Å². The van der Waals surface area contributed by atoms with Crippen LogP contribution in [0.25, 0.3) is 0 Å². The summed E-state index contributed by atoms with van der Waals surface area (Å²) in [6.07, 6.45) is 6.97. The lowest BCUT2D eigenvalue weighted by molar-refractivity contribution is -0.136. The molecule has 0 aliphatic carbocycles. The van der Waals surface area contributed by atoms with E-state index in [1.165, 1.54) is 0 Å². The highest BCUT2D eigenvalue weighted by Gasteiger charge is 2.34. The molecular weight excluding hydrogens is 276 g/mol. The van der Waals surface area contributed by atoms with Crippen LogP contribution >= 0.6 is 0 Å². The van der Waals surface area contributed by atoms with Crippen LogP contribution < -0.4 is 5.32 Å². The van der Waals surface area contributed by atoms with Crippen molar-refractivity contribution in [2.75, 3.05) is 32.7 Å². The second-order valence-corrected chi connectivity index (χ2v) is 6.28. The Bertz CT molecular complexity index is 487. The molecule has 0 bridgehead atoms. The Hall–Kier alpha value is -1.46. The van der Waals surface area contributed by atoms with E-state index < -0.39 is 0 Å². The SMILES string of the molecule is CCC1CN(C(C(=O)N2CCCC2)c2cccnc2)CCN1. The van der Waals surface area contributed by atoms with Crippen molar-refractivity contribution < 1.29 is 4.79 Å². The number of hydrogen-bond acceptors (Lipinski definition) is 4. The van der Waals surface area contributed by atoms with Gasteiger partial charge in [-0.3, -0.25) is 14.7 Å². The molecular formula is C17H26N4O. The van der Waals surface area contributed by atoms with E-state index in [9.17, 15) is 4.79 Å². The number of nitrogens with one attached hydrogen (secondary N) is 1. The Morgan fingerprint density at radius 1 is 1.41 bits per heavy atom. The van der Waals surface area contributed by atoms with Crippen LogP contribution in [0.3, 0.4) is 0 Å². The summed E-state index contributed by atoms with van der Waals surface area (Å²) in [4.78, 5) is 21.7. The van der Waals surface area contributed by atoms with Crippen LogP contribution in [-0.4, -0.2) is 59.5 Å². The molecule has 2 unspecified atom stereocenters. The number of carbonyl (C=O) groups excluding carboxylic acids is 1. The third-order valence-corrected chi connectivity index (χ3v) is 4.80. The van der Waals surface area contributed by atoms with Gasteiger partial charge in [0.1, 0.15) is 6.04 Å². The number of carbonyl (C=O) groups is 1. The van der Waals surface area contributed by atoms with Crippen LogP contribution in [0.15, 0.2) is 24.5 Å². The van der Waals surface area contributed by atoms with E-state index in [0.29, 0.717) is 6.04 Å². The fourth-order valence-electron chi connectivity index (χ4n) is 3.52. The first-order valence-corrected chi connectivity index (χ1v) is 8.45. The Labute approximate surface area is 132 Å². The molecule has 2 aliphatic heterocycles. The van der Waals surface area contributed by atoms with Gasteiger partial charge >= 0.3 is 0 Å². The third-order valence-electron chi connectivity index (χ3n) is 4.80. The molecule has 0 saturated carbocycles. The number of piperazine rings is 1. The molecule has 120 valence electrons. The van der Waals surface area contributed by atoms with Gasteiger partial charge in [0.05, 0.1) is 0 Å². The lowest BCUT2D eigenvalue weighted by atomic mass is 10.0. The summed E-state index contributed by atoms with van der Waals surface area (Å²) in [5, 5.41) is 3.53. The van der Waals surface area contributed by atoms with Crippen molar-refractivity contribution >= 4 is 5.91 Å². The molecule has 0 spiro atoms. The standard InChI is InChI=1S/C17H26N4O/c1-2-15-13-21(11-8-19-15)16(14-6-5-7-18-12-14)17(22)20-9-3-4-10-20/h5-7,12,15-16,19H,2-4,8-11,13H2,1H3. The van der Waals surface area contributed by atoms with Crippen molar-refractivity contribution in [2.45, 2.75) is 38.3 Å². The van der Waals surface area contributed by atoms with Gasteiger partial charge in [-0.25, -0.2) is 0 Å². The first-order valence-electron chi connectivity index (χ1n) is 8.45. The second kappa shape index (κ2) is 7.20. The van der Waals surface area contributed by atoms with Gasteiger partial charge in [-0.05, 0) is 30.9 Å². The Morgan fingerprint density at radius 2 is 2.23 bits per heavy atom. The van der Waals surface area contributed by atoms with Gasteiger partial charge in [0, 0.05) is 51.2 Å². The molecule has 22 heavy (non-hydrogen) atoms. The summed E-state index contributed by atoms with van der Waals surface area (Å²) in [6.45, 7) is 6.79. The molecule has 1 N–H and O–H groups in total. The number of rotatable bonds is 4. The normalized spacial score (nSPS) is 24.4. The minimum atomic E-state index is -0.178. The minimum Gasteiger partial charge on any atom is -0.341 e. The molecule has 1 amide bonds. The molecule has 2 aliphatic rings. The van der Waals surface area contributed by atoms with Crippen LogP contribution in [0, 0.1) is 0 Å². The van der Waals surface area contributed by atoms with E-state index in [4.69, 9.17) is 0 Å². The predicted octanol–water partition coefficient (Wildman–Crippen LogP) is 1.43. The Morgan fingerprint density at radius 3 is 2.91 bits per heavy atom. The van der Waals surface area contributed by atoms with Gasteiger partial charge in [-0.1, -0.05) is 13.0 Å². The summed E-state index contributed by atoms with van der Waals surface area (Å²) in [7, 11) is 0. The summed E-state index contributed by atoms with van der Waals surface area (Å²) in [6, 6.07) is 4.26. The van der Waals surface area contributed by atoms with E-state index in [-0.39, 0.29) is 11.9 Å². The van der Waals surface area contributed by atoms with E-state index in [0.717, 1.165) is 57.5 Å². The zero-order chi connectivity index (χ0) is 15.4. The lowest BCUT2D eigenvalue weighted by Gasteiger charge is -2.39. The van der Waals surface area contributed by atoms with Gasteiger partial charge in [0.2, 0.25) is 5.91 Å². The topological polar surface area (TPSA) is 48.5 Å². The van der Waals surface area contributed by atoms with Crippen LogP contribution in [0.5, 0.6) is 0 Å². The Balaban J connectivity index is 1.84. The monoisotopic (exact) mass is 302 g/mol. The molecule has 3 rings (SSSR count). The highest BCUT2D eigenvalue weighted by atomic mass is 16.2. The first kappa shape index (κ1) is 15.4. The first-order chi connectivity index (χ1) is 10.8. The smallest absolute Gasteiger partial charge is 0.244 e. The maximum Gasteiger partial charge on any atom is 0.244 e. The number of likely N-dealkylation sites (tertiary alicyclic amines) is 1. The number of amides is 1. The van der Waals surface area contributed by atoms with Crippen LogP contribution in [0.2, 0.25) is 0 Å². The number of nitrogens with zero attached hydrogens (tertiary/aromatic N) is 3. The largest absolute Gasteiger partial charge is 0.341 e. The fourth-order valence-corrected chi connectivity index (χ4v) is 3.52. The maximum absolute atomic E-state index is 13.1.